The van der Waals surface area contributed by atoms with Gasteiger partial charge in [0.2, 0.25) is 11.7 Å². The normalized spacial score (nSPS) is 9.95. The van der Waals surface area contributed by atoms with Crippen LogP contribution < -0.4 is 25.3 Å². The van der Waals surface area contributed by atoms with E-state index >= 15 is 0 Å². The van der Waals surface area contributed by atoms with Gasteiger partial charge in [0.25, 0.3) is 0 Å². The molecule has 20 heavy (non-hydrogen) atoms. The fraction of sp³-hybridized carbons (Fsp3) is 0.231. The van der Waals surface area contributed by atoms with Crippen LogP contribution in [0.5, 0.6) is 17.2 Å². The van der Waals surface area contributed by atoms with Crippen molar-refractivity contribution < 1.29 is 14.2 Å². The Bertz CT molecular complexity index is 579. The molecule has 2 rings (SSSR count). The van der Waals surface area contributed by atoms with Crippen LogP contribution in [-0.2, 0) is 0 Å². The second-order valence-corrected chi connectivity index (χ2v) is 3.84. The number of anilines is 3. The lowest BCUT2D eigenvalue weighted by Crippen LogP contribution is -2.01. The first-order valence-electron chi connectivity index (χ1n) is 5.83. The third kappa shape index (κ3) is 2.82. The first-order valence-corrected chi connectivity index (χ1v) is 5.83. The van der Waals surface area contributed by atoms with Crippen molar-refractivity contribution in [3.8, 4) is 17.2 Å². The molecule has 0 spiro atoms. The molecule has 0 aliphatic heterocycles. The Morgan fingerprint density at radius 2 is 1.70 bits per heavy atom. The van der Waals surface area contributed by atoms with Gasteiger partial charge in [-0.1, -0.05) is 0 Å². The number of methoxy groups -OCH3 is 3. The summed E-state index contributed by atoms with van der Waals surface area (Å²) in [5.74, 6) is 2.37. The quantitative estimate of drug-likeness (QED) is 0.860. The van der Waals surface area contributed by atoms with Crippen LogP contribution in [0.1, 0.15) is 0 Å². The van der Waals surface area contributed by atoms with E-state index in [1.807, 2.05) is 0 Å². The third-order valence-electron chi connectivity index (χ3n) is 2.60. The van der Waals surface area contributed by atoms with Crippen LogP contribution in [-0.4, -0.2) is 31.3 Å². The van der Waals surface area contributed by atoms with Crippen molar-refractivity contribution in [2.75, 3.05) is 32.4 Å². The maximum atomic E-state index is 5.61. The summed E-state index contributed by atoms with van der Waals surface area (Å²) in [6, 6.07) is 5.13. The molecule has 1 aromatic heterocycles. The zero-order valence-electron chi connectivity index (χ0n) is 11.5. The van der Waals surface area contributed by atoms with Crippen molar-refractivity contribution in [3.05, 3.63) is 24.4 Å². The standard InChI is InChI=1S/C13H16N4O3/c1-18-9-6-8(7-10(19-2)12(9)20-3)16-13-15-5-4-11(14)17-13/h4-7H,1-3H3,(H3,14,15,16,17). The van der Waals surface area contributed by atoms with Gasteiger partial charge < -0.3 is 25.3 Å². The number of nitrogens with two attached hydrogens (primary N) is 1. The van der Waals surface area contributed by atoms with E-state index in [0.29, 0.717) is 34.7 Å². The number of aromatic nitrogens is 2. The molecule has 0 radical (unpaired) electrons. The number of benzene rings is 1. The number of hydrogen-bond acceptors (Lipinski definition) is 7. The zero-order valence-corrected chi connectivity index (χ0v) is 11.5. The molecule has 0 amide bonds. The Labute approximate surface area is 116 Å². The van der Waals surface area contributed by atoms with Crippen LogP contribution in [0, 0.1) is 0 Å². The minimum atomic E-state index is 0.384. The highest BCUT2D eigenvalue weighted by Crippen LogP contribution is 2.40. The largest absolute Gasteiger partial charge is 0.493 e. The van der Waals surface area contributed by atoms with Gasteiger partial charge in [0.05, 0.1) is 21.3 Å². The molecule has 0 bridgehead atoms. The average molecular weight is 276 g/mol. The molecule has 0 unspecified atom stereocenters. The van der Waals surface area contributed by atoms with Gasteiger partial charge in [0, 0.05) is 24.0 Å². The van der Waals surface area contributed by atoms with Gasteiger partial charge in [-0.05, 0) is 6.07 Å². The maximum absolute atomic E-state index is 5.61. The monoisotopic (exact) mass is 276 g/mol. The summed E-state index contributed by atoms with van der Waals surface area (Å²) >= 11 is 0. The molecule has 0 fully saturated rings. The van der Waals surface area contributed by atoms with Crippen molar-refractivity contribution in [1.29, 1.82) is 0 Å². The van der Waals surface area contributed by atoms with Crippen LogP contribution in [0.15, 0.2) is 24.4 Å². The summed E-state index contributed by atoms with van der Waals surface area (Å²) in [5.41, 5.74) is 6.31. The second-order valence-electron chi connectivity index (χ2n) is 3.84. The number of rotatable bonds is 5. The number of nitrogen functional groups attached to an aromatic ring is 1. The summed E-state index contributed by atoms with van der Waals surface area (Å²) in [4.78, 5) is 8.14. The molecular weight excluding hydrogens is 260 g/mol. The lowest BCUT2D eigenvalue weighted by molar-refractivity contribution is 0.324. The van der Waals surface area contributed by atoms with Crippen LogP contribution in [0.25, 0.3) is 0 Å². The van der Waals surface area contributed by atoms with E-state index in [0.717, 1.165) is 0 Å². The number of nitrogens with one attached hydrogen (secondary N) is 1. The van der Waals surface area contributed by atoms with Crippen LogP contribution in [0.4, 0.5) is 17.5 Å². The van der Waals surface area contributed by atoms with E-state index in [9.17, 15) is 0 Å². The maximum Gasteiger partial charge on any atom is 0.229 e. The van der Waals surface area contributed by atoms with Gasteiger partial charge in [-0.3, -0.25) is 0 Å². The molecule has 7 heteroatoms. The Hall–Kier alpha value is -2.70. The van der Waals surface area contributed by atoms with Gasteiger partial charge in [-0.25, -0.2) is 4.98 Å². The molecule has 0 aliphatic carbocycles. The highest BCUT2D eigenvalue weighted by Gasteiger charge is 2.13. The fourth-order valence-corrected chi connectivity index (χ4v) is 1.72. The molecule has 1 heterocycles. The summed E-state index contributed by atoms with van der Waals surface area (Å²) in [6.07, 6.45) is 1.57. The molecule has 1 aromatic carbocycles. The SMILES string of the molecule is COc1cc(Nc2nccc(N)n2)cc(OC)c1OC. The topological polar surface area (TPSA) is 91.5 Å². The van der Waals surface area contributed by atoms with E-state index in [2.05, 4.69) is 15.3 Å². The average Bonchev–Trinajstić information content (AvgIpc) is 2.46. The van der Waals surface area contributed by atoms with Gasteiger partial charge in [-0.2, -0.15) is 4.98 Å². The van der Waals surface area contributed by atoms with Crippen LogP contribution >= 0.6 is 0 Å². The second kappa shape index (κ2) is 5.96. The van der Waals surface area contributed by atoms with E-state index in [4.69, 9.17) is 19.9 Å². The fourth-order valence-electron chi connectivity index (χ4n) is 1.72. The van der Waals surface area contributed by atoms with Crippen molar-refractivity contribution in [2.45, 2.75) is 0 Å². The minimum Gasteiger partial charge on any atom is -0.493 e. The minimum absolute atomic E-state index is 0.384. The molecule has 0 aliphatic rings. The highest BCUT2D eigenvalue weighted by atomic mass is 16.5. The number of hydrogen-bond donors (Lipinski definition) is 2. The number of ether oxygens (including phenoxy) is 3. The molecule has 2 aromatic rings. The van der Waals surface area contributed by atoms with Crippen molar-refractivity contribution in [1.82, 2.24) is 9.97 Å². The predicted molar refractivity (Wildman–Crippen MR) is 75.8 cm³/mol. The van der Waals surface area contributed by atoms with Gasteiger partial charge in [0.1, 0.15) is 5.82 Å². The molecule has 0 saturated carbocycles. The van der Waals surface area contributed by atoms with E-state index in [1.165, 1.54) is 0 Å². The lowest BCUT2D eigenvalue weighted by Gasteiger charge is -2.14. The van der Waals surface area contributed by atoms with Crippen molar-refractivity contribution in [3.63, 3.8) is 0 Å². The lowest BCUT2D eigenvalue weighted by atomic mass is 10.2. The number of nitrogens with zero attached hydrogens (tertiary/aromatic N) is 2. The van der Waals surface area contributed by atoms with Crippen molar-refractivity contribution in [2.24, 2.45) is 0 Å². The summed E-state index contributed by atoms with van der Waals surface area (Å²) in [6.45, 7) is 0. The summed E-state index contributed by atoms with van der Waals surface area (Å²) in [7, 11) is 4.66. The Balaban J connectivity index is 2.37. The first kappa shape index (κ1) is 13.7. The molecule has 106 valence electrons. The summed E-state index contributed by atoms with van der Waals surface area (Å²) < 4.78 is 15.8. The Kier molecular flexibility index (Phi) is 4.09. The first-order chi connectivity index (χ1) is 9.67. The predicted octanol–water partition coefficient (Wildman–Crippen LogP) is 1.83. The highest BCUT2D eigenvalue weighted by molar-refractivity contribution is 5.65. The molecule has 3 N–H and O–H groups in total. The van der Waals surface area contributed by atoms with E-state index in [-0.39, 0.29) is 0 Å². The smallest absolute Gasteiger partial charge is 0.229 e. The van der Waals surface area contributed by atoms with Crippen LogP contribution in [0.3, 0.4) is 0 Å². The van der Waals surface area contributed by atoms with Crippen molar-refractivity contribution >= 4 is 17.5 Å². The third-order valence-corrected chi connectivity index (χ3v) is 2.60. The Morgan fingerprint density at radius 3 is 2.20 bits per heavy atom. The van der Waals surface area contributed by atoms with E-state index < -0.39 is 0 Å². The Morgan fingerprint density at radius 1 is 1.05 bits per heavy atom. The van der Waals surface area contributed by atoms with Gasteiger partial charge in [-0.15, -0.1) is 0 Å². The molecule has 0 atom stereocenters. The molecule has 0 saturated heterocycles. The van der Waals surface area contributed by atoms with Crippen LogP contribution in [0.2, 0.25) is 0 Å². The zero-order chi connectivity index (χ0) is 14.5. The summed E-state index contributed by atoms with van der Waals surface area (Å²) in [5, 5.41) is 3.03. The van der Waals surface area contributed by atoms with E-state index in [1.54, 1.807) is 45.7 Å². The molecular formula is C13H16N4O3. The van der Waals surface area contributed by atoms with Gasteiger partial charge >= 0.3 is 0 Å². The molecule has 7 nitrogen and oxygen atoms in total. The van der Waals surface area contributed by atoms with Gasteiger partial charge in [0.15, 0.2) is 11.5 Å².